The van der Waals surface area contributed by atoms with Crippen molar-refractivity contribution in [1.29, 1.82) is 0 Å². The minimum atomic E-state index is -0.294. The Bertz CT molecular complexity index is 343. The van der Waals surface area contributed by atoms with Gasteiger partial charge in [-0.3, -0.25) is 0 Å². The van der Waals surface area contributed by atoms with Gasteiger partial charge >= 0.3 is 5.97 Å². The quantitative estimate of drug-likeness (QED) is 0.579. The molecule has 1 saturated carbocycles. The molecule has 0 aliphatic heterocycles. The number of esters is 1. The largest absolute Gasteiger partial charge is 0.466 e. The van der Waals surface area contributed by atoms with Gasteiger partial charge in [0.25, 0.3) is 0 Å². The Morgan fingerprint density at radius 3 is 3.29 bits per heavy atom. The third-order valence-corrected chi connectivity index (χ3v) is 2.42. The van der Waals surface area contributed by atoms with Gasteiger partial charge in [0, 0.05) is 18.2 Å². The maximum atomic E-state index is 10.8. The van der Waals surface area contributed by atoms with E-state index in [1.807, 2.05) is 12.3 Å². The summed E-state index contributed by atoms with van der Waals surface area (Å²) in [4.78, 5) is 17.9. The van der Waals surface area contributed by atoms with Crippen LogP contribution in [0.4, 0.5) is 0 Å². The predicted molar refractivity (Wildman–Crippen MR) is 50.6 cm³/mol. The summed E-state index contributed by atoms with van der Waals surface area (Å²) in [5.74, 6) is 0.622. The first-order chi connectivity index (χ1) is 6.81. The molecule has 74 valence electrons. The SMILES string of the molecule is COC(=O)C=C[C@@H]1C[C@H]1c1c[nH]cn1. The highest BCUT2D eigenvalue weighted by molar-refractivity contribution is 5.81. The number of rotatable bonds is 3. The van der Waals surface area contributed by atoms with Crippen LogP contribution in [-0.2, 0) is 9.53 Å². The number of imidazole rings is 1. The number of carbonyl (C=O) groups is 1. The van der Waals surface area contributed by atoms with E-state index in [1.165, 1.54) is 13.2 Å². The standard InChI is InChI=1S/C10H12N2O2/c1-14-10(13)3-2-7-4-8(7)9-5-11-6-12-9/h2-3,5-8H,4H2,1H3,(H,11,12)/t7-,8-/m1/s1. The van der Waals surface area contributed by atoms with E-state index >= 15 is 0 Å². The van der Waals surface area contributed by atoms with Crippen molar-refractivity contribution in [2.24, 2.45) is 5.92 Å². The van der Waals surface area contributed by atoms with Crippen molar-refractivity contribution in [1.82, 2.24) is 9.97 Å². The number of allylic oxidation sites excluding steroid dienone is 1. The number of aromatic nitrogens is 2. The third kappa shape index (κ3) is 1.84. The highest BCUT2D eigenvalue weighted by atomic mass is 16.5. The Labute approximate surface area is 82.0 Å². The maximum absolute atomic E-state index is 10.8. The molecule has 14 heavy (non-hydrogen) atoms. The topological polar surface area (TPSA) is 55.0 Å². The lowest BCUT2D eigenvalue weighted by Gasteiger charge is -1.90. The number of hydrogen-bond acceptors (Lipinski definition) is 3. The van der Waals surface area contributed by atoms with E-state index in [0.717, 1.165) is 12.1 Å². The van der Waals surface area contributed by atoms with Crippen molar-refractivity contribution in [2.45, 2.75) is 12.3 Å². The van der Waals surface area contributed by atoms with Gasteiger partial charge in [-0.1, -0.05) is 6.08 Å². The fourth-order valence-electron chi connectivity index (χ4n) is 1.51. The van der Waals surface area contributed by atoms with E-state index < -0.39 is 0 Å². The van der Waals surface area contributed by atoms with Crippen LogP contribution in [0.15, 0.2) is 24.7 Å². The number of methoxy groups -OCH3 is 1. The van der Waals surface area contributed by atoms with E-state index in [2.05, 4.69) is 14.7 Å². The van der Waals surface area contributed by atoms with Gasteiger partial charge in [0.2, 0.25) is 0 Å². The van der Waals surface area contributed by atoms with E-state index in [0.29, 0.717) is 11.8 Å². The summed E-state index contributed by atoms with van der Waals surface area (Å²) in [6, 6.07) is 0. The molecule has 0 saturated heterocycles. The minimum absolute atomic E-state index is 0.294. The maximum Gasteiger partial charge on any atom is 0.330 e. The van der Waals surface area contributed by atoms with E-state index in [1.54, 1.807) is 6.33 Å². The molecule has 2 atom stereocenters. The summed E-state index contributed by atoms with van der Waals surface area (Å²) < 4.78 is 4.51. The van der Waals surface area contributed by atoms with Crippen molar-refractivity contribution in [2.75, 3.05) is 7.11 Å². The highest BCUT2D eigenvalue weighted by Gasteiger charge is 2.37. The van der Waals surface area contributed by atoms with Gasteiger partial charge < -0.3 is 9.72 Å². The summed E-state index contributed by atoms with van der Waals surface area (Å²) in [5.41, 5.74) is 1.07. The molecule has 1 N–H and O–H groups in total. The molecule has 1 aromatic heterocycles. The van der Waals surface area contributed by atoms with Crippen molar-refractivity contribution < 1.29 is 9.53 Å². The normalized spacial score (nSPS) is 25.2. The monoisotopic (exact) mass is 192 g/mol. The Morgan fingerprint density at radius 2 is 2.64 bits per heavy atom. The number of H-pyrrole nitrogens is 1. The second-order valence-electron chi connectivity index (χ2n) is 3.38. The molecule has 0 bridgehead atoms. The lowest BCUT2D eigenvalue weighted by Crippen LogP contribution is -1.93. The molecule has 0 spiro atoms. The van der Waals surface area contributed by atoms with Crippen LogP contribution in [0.5, 0.6) is 0 Å². The van der Waals surface area contributed by atoms with Crippen LogP contribution >= 0.6 is 0 Å². The molecule has 0 radical (unpaired) electrons. The van der Waals surface area contributed by atoms with Gasteiger partial charge in [0.15, 0.2) is 0 Å². The first-order valence-corrected chi connectivity index (χ1v) is 4.56. The minimum Gasteiger partial charge on any atom is -0.466 e. The van der Waals surface area contributed by atoms with Crippen LogP contribution in [0.25, 0.3) is 0 Å². The molecule has 1 aliphatic carbocycles. The second-order valence-corrected chi connectivity index (χ2v) is 3.38. The van der Waals surface area contributed by atoms with Crippen LogP contribution in [0, 0.1) is 5.92 Å². The third-order valence-electron chi connectivity index (χ3n) is 2.42. The van der Waals surface area contributed by atoms with Crippen LogP contribution in [-0.4, -0.2) is 23.0 Å². The average Bonchev–Trinajstić information content (AvgIpc) is 2.77. The van der Waals surface area contributed by atoms with Crippen molar-refractivity contribution in [3.63, 3.8) is 0 Å². The molecule has 1 aromatic rings. The molecular weight excluding hydrogens is 180 g/mol. The Hall–Kier alpha value is -1.58. The van der Waals surface area contributed by atoms with Crippen molar-refractivity contribution in [3.05, 3.63) is 30.4 Å². The Kier molecular flexibility index (Phi) is 2.35. The van der Waals surface area contributed by atoms with Gasteiger partial charge in [0.05, 0.1) is 19.1 Å². The molecule has 2 rings (SSSR count). The van der Waals surface area contributed by atoms with E-state index in [-0.39, 0.29) is 5.97 Å². The number of carbonyl (C=O) groups excluding carboxylic acids is 1. The van der Waals surface area contributed by atoms with E-state index in [4.69, 9.17) is 0 Å². The average molecular weight is 192 g/mol. The number of aromatic amines is 1. The van der Waals surface area contributed by atoms with E-state index in [9.17, 15) is 4.79 Å². The summed E-state index contributed by atoms with van der Waals surface area (Å²) in [7, 11) is 1.38. The van der Waals surface area contributed by atoms with Gasteiger partial charge in [-0.15, -0.1) is 0 Å². The molecule has 1 fully saturated rings. The van der Waals surface area contributed by atoms with Crippen LogP contribution in [0.1, 0.15) is 18.0 Å². The van der Waals surface area contributed by atoms with Crippen molar-refractivity contribution >= 4 is 5.97 Å². The Balaban J connectivity index is 1.88. The zero-order valence-electron chi connectivity index (χ0n) is 7.93. The van der Waals surface area contributed by atoms with Crippen LogP contribution in [0.2, 0.25) is 0 Å². The number of hydrogen-bond donors (Lipinski definition) is 1. The Morgan fingerprint density at radius 1 is 1.79 bits per heavy atom. The van der Waals surface area contributed by atoms with Gasteiger partial charge in [0.1, 0.15) is 0 Å². The first-order valence-electron chi connectivity index (χ1n) is 4.56. The lowest BCUT2D eigenvalue weighted by atomic mass is 10.2. The fourth-order valence-corrected chi connectivity index (χ4v) is 1.51. The molecule has 0 aromatic carbocycles. The van der Waals surface area contributed by atoms with Gasteiger partial charge in [-0.2, -0.15) is 0 Å². The summed E-state index contributed by atoms with van der Waals surface area (Å²) in [5, 5.41) is 0. The first kappa shape index (κ1) is 8.99. The van der Waals surface area contributed by atoms with Crippen LogP contribution in [0.3, 0.4) is 0 Å². The number of nitrogens with zero attached hydrogens (tertiary/aromatic N) is 1. The molecule has 0 unspecified atom stereocenters. The predicted octanol–water partition coefficient (Wildman–Crippen LogP) is 1.24. The molecular formula is C10H12N2O2. The summed E-state index contributed by atoms with van der Waals surface area (Å²) in [6.07, 6.45) is 8.02. The summed E-state index contributed by atoms with van der Waals surface area (Å²) >= 11 is 0. The smallest absolute Gasteiger partial charge is 0.330 e. The molecule has 0 amide bonds. The summed E-state index contributed by atoms with van der Waals surface area (Å²) in [6.45, 7) is 0. The van der Waals surface area contributed by atoms with Gasteiger partial charge in [-0.05, 0) is 12.3 Å². The number of nitrogens with one attached hydrogen (secondary N) is 1. The molecule has 4 nitrogen and oxygen atoms in total. The zero-order chi connectivity index (χ0) is 9.97. The second kappa shape index (κ2) is 3.65. The molecule has 4 heteroatoms. The zero-order valence-corrected chi connectivity index (χ0v) is 7.93. The molecule has 1 aliphatic rings. The lowest BCUT2D eigenvalue weighted by molar-refractivity contribution is -0.134. The molecule has 1 heterocycles. The number of ether oxygens (including phenoxy) is 1. The van der Waals surface area contributed by atoms with Gasteiger partial charge in [-0.25, -0.2) is 9.78 Å². The fraction of sp³-hybridized carbons (Fsp3) is 0.400. The highest BCUT2D eigenvalue weighted by Crippen LogP contribution is 2.47. The van der Waals surface area contributed by atoms with Crippen molar-refractivity contribution in [3.8, 4) is 0 Å². The van der Waals surface area contributed by atoms with Crippen LogP contribution < -0.4 is 0 Å².